The highest BCUT2D eigenvalue weighted by molar-refractivity contribution is 4.80. The van der Waals surface area contributed by atoms with Crippen molar-refractivity contribution < 1.29 is 9.47 Å². The van der Waals surface area contributed by atoms with E-state index in [9.17, 15) is 0 Å². The Morgan fingerprint density at radius 3 is 1.76 bits per heavy atom. The van der Waals surface area contributed by atoms with Crippen molar-refractivity contribution in [1.82, 2.24) is 0 Å². The van der Waals surface area contributed by atoms with Gasteiger partial charge in [0, 0.05) is 19.8 Å². The van der Waals surface area contributed by atoms with Crippen LogP contribution in [0.1, 0.15) is 72.6 Å². The summed E-state index contributed by atoms with van der Waals surface area (Å²) in [5.74, 6) is 0. The predicted molar refractivity (Wildman–Crippen MR) is 74.5 cm³/mol. The first-order chi connectivity index (χ1) is 8.24. The van der Waals surface area contributed by atoms with Gasteiger partial charge in [-0.1, -0.05) is 39.5 Å². The van der Waals surface area contributed by atoms with Crippen molar-refractivity contribution in [3.8, 4) is 0 Å². The third kappa shape index (κ3) is 7.77. The third-order valence-electron chi connectivity index (χ3n) is 3.33. The van der Waals surface area contributed by atoms with Crippen LogP contribution in [0.25, 0.3) is 0 Å². The molecule has 0 heterocycles. The monoisotopic (exact) mass is 244 g/mol. The minimum absolute atomic E-state index is 0.0793. The van der Waals surface area contributed by atoms with Gasteiger partial charge in [-0.15, -0.1) is 0 Å². The summed E-state index contributed by atoms with van der Waals surface area (Å²) in [7, 11) is 0. The van der Waals surface area contributed by atoms with Gasteiger partial charge in [-0.25, -0.2) is 0 Å². The van der Waals surface area contributed by atoms with Crippen LogP contribution in [0.4, 0.5) is 0 Å². The van der Waals surface area contributed by atoms with Gasteiger partial charge in [0.05, 0.1) is 5.60 Å². The fraction of sp³-hybridized carbons (Fsp3) is 1.00. The highest BCUT2D eigenvalue weighted by atomic mass is 16.5. The average Bonchev–Trinajstić information content (AvgIpc) is 2.34. The first-order valence-electron chi connectivity index (χ1n) is 7.46. The molecule has 0 aliphatic carbocycles. The Kier molecular flexibility index (Phi) is 11.0. The smallest absolute Gasteiger partial charge is 0.0704 e. The summed E-state index contributed by atoms with van der Waals surface area (Å²) < 4.78 is 11.6. The van der Waals surface area contributed by atoms with Crippen LogP contribution in [0.2, 0.25) is 0 Å². The lowest BCUT2D eigenvalue weighted by Crippen LogP contribution is -2.34. The maximum absolute atomic E-state index is 6.10. The topological polar surface area (TPSA) is 18.5 Å². The number of hydrogen-bond donors (Lipinski definition) is 0. The second-order valence-electron chi connectivity index (χ2n) is 4.77. The van der Waals surface area contributed by atoms with Crippen LogP contribution in [-0.4, -0.2) is 25.4 Å². The van der Waals surface area contributed by atoms with E-state index in [0.717, 1.165) is 26.2 Å². The number of ether oxygens (including phenoxy) is 2. The molecular weight excluding hydrogens is 212 g/mol. The van der Waals surface area contributed by atoms with Gasteiger partial charge < -0.3 is 9.47 Å². The lowest BCUT2D eigenvalue weighted by atomic mass is 9.87. The Morgan fingerprint density at radius 2 is 1.35 bits per heavy atom. The first-order valence-corrected chi connectivity index (χ1v) is 7.46. The summed E-state index contributed by atoms with van der Waals surface area (Å²) in [5.41, 5.74) is 0.0793. The molecular formula is C15H32O2. The van der Waals surface area contributed by atoms with Crippen molar-refractivity contribution in [3.63, 3.8) is 0 Å². The molecule has 0 radical (unpaired) electrons. The van der Waals surface area contributed by atoms with Gasteiger partial charge in [0.25, 0.3) is 0 Å². The lowest BCUT2D eigenvalue weighted by molar-refractivity contribution is -0.0737. The first kappa shape index (κ1) is 16.9. The van der Waals surface area contributed by atoms with E-state index in [4.69, 9.17) is 9.47 Å². The molecule has 0 aliphatic heterocycles. The fourth-order valence-corrected chi connectivity index (χ4v) is 2.30. The van der Waals surface area contributed by atoms with Crippen LogP contribution >= 0.6 is 0 Å². The summed E-state index contributed by atoms with van der Waals surface area (Å²) in [6.07, 6.45) is 8.43. The van der Waals surface area contributed by atoms with E-state index in [0.29, 0.717) is 0 Å². The maximum atomic E-state index is 6.10. The van der Waals surface area contributed by atoms with Crippen molar-refractivity contribution >= 4 is 0 Å². The van der Waals surface area contributed by atoms with Crippen molar-refractivity contribution in [3.05, 3.63) is 0 Å². The Hall–Kier alpha value is -0.0800. The zero-order valence-electron chi connectivity index (χ0n) is 12.4. The molecule has 0 spiro atoms. The number of rotatable bonds is 12. The molecule has 2 nitrogen and oxygen atoms in total. The van der Waals surface area contributed by atoms with Gasteiger partial charge in [0.2, 0.25) is 0 Å². The minimum atomic E-state index is 0.0793. The molecule has 0 aromatic heterocycles. The minimum Gasteiger partial charge on any atom is -0.382 e. The summed E-state index contributed by atoms with van der Waals surface area (Å²) in [4.78, 5) is 0. The molecule has 0 aromatic rings. The van der Waals surface area contributed by atoms with Crippen LogP contribution in [0.15, 0.2) is 0 Å². The predicted octanol–water partition coefficient (Wildman–Crippen LogP) is 4.57. The maximum Gasteiger partial charge on any atom is 0.0704 e. The fourth-order valence-electron chi connectivity index (χ4n) is 2.30. The zero-order chi connectivity index (χ0) is 13.0. The second-order valence-corrected chi connectivity index (χ2v) is 4.77. The summed E-state index contributed by atoms with van der Waals surface area (Å²) in [6, 6.07) is 0. The third-order valence-corrected chi connectivity index (χ3v) is 3.33. The Balaban J connectivity index is 4.32. The summed E-state index contributed by atoms with van der Waals surface area (Å²) in [5, 5.41) is 0. The van der Waals surface area contributed by atoms with E-state index >= 15 is 0 Å². The largest absolute Gasteiger partial charge is 0.382 e. The SMILES string of the molecule is CCCCC(CCCC)(CCOCC)OCC. The molecule has 0 unspecified atom stereocenters. The van der Waals surface area contributed by atoms with E-state index in [1.54, 1.807) is 0 Å². The van der Waals surface area contributed by atoms with E-state index < -0.39 is 0 Å². The molecule has 0 saturated heterocycles. The van der Waals surface area contributed by atoms with Crippen LogP contribution < -0.4 is 0 Å². The molecule has 0 saturated carbocycles. The molecule has 0 rings (SSSR count). The highest BCUT2D eigenvalue weighted by Crippen LogP contribution is 2.29. The lowest BCUT2D eigenvalue weighted by Gasteiger charge is -2.34. The van der Waals surface area contributed by atoms with Gasteiger partial charge in [0.1, 0.15) is 0 Å². The molecule has 104 valence electrons. The number of hydrogen-bond acceptors (Lipinski definition) is 2. The van der Waals surface area contributed by atoms with Gasteiger partial charge in [0.15, 0.2) is 0 Å². The van der Waals surface area contributed by atoms with Crippen LogP contribution in [0.5, 0.6) is 0 Å². The van der Waals surface area contributed by atoms with Gasteiger partial charge >= 0.3 is 0 Å². The van der Waals surface area contributed by atoms with Crippen LogP contribution in [-0.2, 0) is 9.47 Å². The van der Waals surface area contributed by atoms with Gasteiger partial charge in [-0.2, -0.15) is 0 Å². The summed E-state index contributed by atoms with van der Waals surface area (Å²) in [6.45, 7) is 11.1. The van der Waals surface area contributed by atoms with E-state index in [-0.39, 0.29) is 5.60 Å². The average molecular weight is 244 g/mol. The van der Waals surface area contributed by atoms with Crippen molar-refractivity contribution in [2.75, 3.05) is 19.8 Å². The van der Waals surface area contributed by atoms with Crippen molar-refractivity contribution in [2.24, 2.45) is 0 Å². The van der Waals surface area contributed by atoms with Crippen LogP contribution in [0.3, 0.4) is 0 Å². The van der Waals surface area contributed by atoms with Crippen LogP contribution in [0, 0.1) is 0 Å². The Morgan fingerprint density at radius 1 is 0.765 bits per heavy atom. The van der Waals surface area contributed by atoms with E-state index in [1.807, 2.05) is 0 Å². The molecule has 0 atom stereocenters. The van der Waals surface area contributed by atoms with Crippen molar-refractivity contribution in [2.45, 2.75) is 78.2 Å². The second kappa shape index (κ2) is 11.0. The Bertz CT molecular complexity index is 149. The molecule has 0 aromatic carbocycles. The van der Waals surface area contributed by atoms with Gasteiger partial charge in [-0.05, 0) is 33.1 Å². The van der Waals surface area contributed by atoms with Crippen molar-refractivity contribution in [1.29, 1.82) is 0 Å². The summed E-state index contributed by atoms with van der Waals surface area (Å²) >= 11 is 0. The number of unbranched alkanes of at least 4 members (excludes halogenated alkanes) is 2. The highest BCUT2D eigenvalue weighted by Gasteiger charge is 2.28. The van der Waals surface area contributed by atoms with E-state index in [2.05, 4.69) is 27.7 Å². The molecule has 0 fully saturated rings. The standard InChI is InChI=1S/C15H32O2/c1-5-9-11-15(17-8-4,12-10-6-2)13-14-16-7-3/h5-14H2,1-4H3. The normalized spacial score (nSPS) is 12.0. The molecule has 2 heteroatoms. The molecule has 17 heavy (non-hydrogen) atoms. The molecule has 0 N–H and O–H groups in total. The Labute approximate surface area is 108 Å². The zero-order valence-corrected chi connectivity index (χ0v) is 12.4. The molecule has 0 amide bonds. The quantitative estimate of drug-likeness (QED) is 0.468. The van der Waals surface area contributed by atoms with Gasteiger partial charge in [-0.3, -0.25) is 0 Å². The molecule has 0 bridgehead atoms. The molecule has 0 aliphatic rings. The van der Waals surface area contributed by atoms with E-state index in [1.165, 1.54) is 38.5 Å².